The molecule has 0 saturated heterocycles. The molecule has 0 aromatic heterocycles. The standard InChI is InChI=1S/C12H16N2S/c13-9-2-3-10-11(6-9)15-8-12(7-14-10)4-1-5-12/h2-3,6,14H,1,4-5,7-8,13H2. The third-order valence-electron chi connectivity index (χ3n) is 3.61. The van der Waals surface area contributed by atoms with E-state index in [9.17, 15) is 0 Å². The van der Waals surface area contributed by atoms with Gasteiger partial charge in [-0.1, -0.05) is 6.42 Å². The Kier molecular flexibility index (Phi) is 2.09. The van der Waals surface area contributed by atoms with Crippen LogP contribution in [0.15, 0.2) is 23.1 Å². The van der Waals surface area contributed by atoms with Gasteiger partial charge >= 0.3 is 0 Å². The Labute approximate surface area is 94.6 Å². The number of nitrogens with one attached hydrogen (secondary N) is 1. The maximum Gasteiger partial charge on any atom is 0.0480 e. The summed E-state index contributed by atoms with van der Waals surface area (Å²) in [6.45, 7) is 1.14. The van der Waals surface area contributed by atoms with Gasteiger partial charge in [0.1, 0.15) is 0 Å². The predicted octanol–water partition coefficient (Wildman–Crippen LogP) is 2.96. The molecule has 1 saturated carbocycles. The Bertz CT molecular complexity index is 385. The summed E-state index contributed by atoms with van der Waals surface area (Å²) in [5.41, 5.74) is 8.50. The van der Waals surface area contributed by atoms with Crippen LogP contribution in [-0.4, -0.2) is 12.3 Å². The SMILES string of the molecule is Nc1ccc2c(c1)SCC1(CCC1)CN2. The van der Waals surface area contributed by atoms with E-state index in [1.54, 1.807) is 0 Å². The van der Waals surface area contributed by atoms with Gasteiger partial charge in [-0.15, -0.1) is 11.8 Å². The van der Waals surface area contributed by atoms with Crippen molar-refractivity contribution in [1.82, 2.24) is 0 Å². The summed E-state index contributed by atoms with van der Waals surface area (Å²) in [6.07, 6.45) is 4.17. The highest BCUT2D eigenvalue weighted by atomic mass is 32.2. The molecule has 3 heteroatoms. The highest BCUT2D eigenvalue weighted by Gasteiger charge is 2.38. The van der Waals surface area contributed by atoms with Gasteiger partial charge in [0.05, 0.1) is 0 Å². The molecule has 2 nitrogen and oxygen atoms in total. The van der Waals surface area contributed by atoms with Gasteiger partial charge in [0.25, 0.3) is 0 Å². The minimum absolute atomic E-state index is 0.568. The normalized spacial score (nSPS) is 22.4. The number of benzene rings is 1. The summed E-state index contributed by atoms with van der Waals surface area (Å²) >= 11 is 1.96. The molecule has 1 aromatic rings. The predicted molar refractivity (Wildman–Crippen MR) is 66.4 cm³/mol. The molecule has 1 spiro atoms. The molecule has 2 aliphatic rings. The lowest BCUT2D eigenvalue weighted by Crippen LogP contribution is -2.37. The van der Waals surface area contributed by atoms with Gasteiger partial charge in [-0.3, -0.25) is 0 Å². The topological polar surface area (TPSA) is 38.0 Å². The minimum Gasteiger partial charge on any atom is -0.399 e. The lowest BCUT2D eigenvalue weighted by Gasteiger charge is -2.40. The first-order chi connectivity index (χ1) is 7.27. The molecule has 0 atom stereocenters. The van der Waals surface area contributed by atoms with Crippen molar-refractivity contribution in [2.45, 2.75) is 24.2 Å². The molecule has 1 aromatic carbocycles. The van der Waals surface area contributed by atoms with Crippen LogP contribution in [0.25, 0.3) is 0 Å². The van der Waals surface area contributed by atoms with Gasteiger partial charge in [-0.05, 0) is 36.5 Å². The highest BCUT2D eigenvalue weighted by Crippen LogP contribution is 2.48. The zero-order chi connectivity index (χ0) is 10.3. The molecule has 1 heterocycles. The van der Waals surface area contributed by atoms with E-state index in [1.165, 1.54) is 35.6 Å². The van der Waals surface area contributed by atoms with Crippen molar-refractivity contribution in [2.75, 3.05) is 23.3 Å². The number of nitrogen functional groups attached to an aromatic ring is 1. The van der Waals surface area contributed by atoms with Crippen molar-refractivity contribution in [1.29, 1.82) is 0 Å². The molecular formula is C12H16N2S. The van der Waals surface area contributed by atoms with Gasteiger partial charge in [0, 0.05) is 28.6 Å². The van der Waals surface area contributed by atoms with Crippen LogP contribution in [0.2, 0.25) is 0 Å². The van der Waals surface area contributed by atoms with E-state index in [2.05, 4.69) is 17.4 Å². The second-order valence-electron chi connectivity index (χ2n) is 4.75. The van der Waals surface area contributed by atoms with Crippen LogP contribution < -0.4 is 11.1 Å². The van der Waals surface area contributed by atoms with Crippen molar-refractivity contribution in [3.8, 4) is 0 Å². The van der Waals surface area contributed by atoms with Gasteiger partial charge in [0.2, 0.25) is 0 Å². The van der Waals surface area contributed by atoms with Gasteiger partial charge in [-0.25, -0.2) is 0 Å². The largest absolute Gasteiger partial charge is 0.399 e. The summed E-state index contributed by atoms with van der Waals surface area (Å²) in [7, 11) is 0. The second kappa shape index (κ2) is 3.34. The molecular weight excluding hydrogens is 204 g/mol. The molecule has 3 rings (SSSR count). The number of nitrogens with two attached hydrogens (primary N) is 1. The third kappa shape index (κ3) is 1.59. The zero-order valence-electron chi connectivity index (χ0n) is 8.75. The molecule has 0 amide bonds. The van der Waals surface area contributed by atoms with Crippen LogP contribution in [-0.2, 0) is 0 Å². The molecule has 0 bridgehead atoms. The summed E-state index contributed by atoms with van der Waals surface area (Å²) in [5.74, 6) is 1.25. The minimum atomic E-state index is 0.568. The fourth-order valence-electron chi connectivity index (χ4n) is 2.37. The molecule has 0 radical (unpaired) electrons. The monoisotopic (exact) mass is 220 g/mol. The van der Waals surface area contributed by atoms with E-state index in [4.69, 9.17) is 5.73 Å². The fraction of sp³-hybridized carbons (Fsp3) is 0.500. The Morgan fingerprint density at radius 3 is 2.93 bits per heavy atom. The van der Waals surface area contributed by atoms with E-state index in [0.29, 0.717) is 5.41 Å². The van der Waals surface area contributed by atoms with Crippen LogP contribution in [0.3, 0.4) is 0 Å². The molecule has 3 N–H and O–H groups in total. The summed E-state index contributed by atoms with van der Waals surface area (Å²) in [5, 5.41) is 3.57. The average molecular weight is 220 g/mol. The maximum atomic E-state index is 5.81. The fourth-order valence-corrected chi connectivity index (χ4v) is 3.73. The Balaban J connectivity index is 1.88. The summed E-state index contributed by atoms with van der Waals surface area (Å²) in [4.78, 5) is 1.32. The van der Waals surface area contributed by atoms with Crippen molar-refractivity contribution < 1.29 is 0 Å². The molecule has 80 valence electrons. The Morgan fingerprint density at radius 1 is 1.33 bits per heavy atom. The number of hydrogen-bond donors (Lipinski definition) is 2. The van der Waals surface area contributed by atoms with E-state index >= 15 is 0 Å². The number of anilines is 2. The van der Waals surface area contributed by atoms with Crippen LogP contribution >= 0.6 is 11.8 Å². The first kappa shape index (κ1) is 9.40. The summed E-state index contributed by atoms with van der Waals surface area (Å²) < 4.78 is 0. The van der Waals surface area contributed by atoms with Crippen LogP contribution in [0, 0.1) is 5.41 Å². The zero-order valence-corrected chi connectivity index (χ0v) is 9.57. The molecule has 15 heavy (non-hydrogen) atoms. The van der Waals surface area contributed by atoms with E-state index < -0.39 is 0 Å². The van der Waals surface area contributed by atoms with E-state index in [0.717, 1.165) is 12.2 Å². The van der Waals surface area contributed by atoms with Gasteiger partial charge in [0.15, 0.2) is 0 Å². The quantitative estimate of drug-likeness (QED) is 0.660. The second-order valence-corrected chi connectivity index (χ2v) is 5.77. The number of thioether (sulfide) groups is 1. The third-order valence-corrected chi connectivity index (χ3v) is 5.01. The van der Waals surface area contributed by atoms with Crippen molar-refractivity contribution in [3.63, 3.8) is 0 Å². The number of hydrogen-bond acceptors (Lipinski definition) is 3. The Morgan fingerprint density at radius 2 is 2.20 bits per heavy atom. The van der Waals surface area contributed by atoms with E-state index in [1.807, 2.05) is 17.8 Å². The van der Waals surface area contributed by atoms with Crippen LogP contribution in [0.1, 0.15) is 19.3 Å². The lowest BCUT2D eigenvalue weighted by atomic mass is 9.70. The molecule has 1 fully saturated rings. The maximum absolute atomic E-state index is 5.81. The van der Waals surface area contributed by atoms with E-state index in [-0.39, 0.29) is 0 Å². The first-order valence-electron chi connectivity index (χ1n) is 5.54. The average Bonchev–Trinajstić information content (AvgIpc) is 2.36. The van der Waals surface area contributed by atoms with Gasteiger partial charge in [-0.2, -0.15) is 0 Å². The molecule has 0 unspecified atom stereocenters. The van der Waals surface area contributed by atoms with Gasteiger partial charge < -0.3 is 11.1 Å². The Hall–Kier alpha value is -0.830. The van der Waals surface area contributed by atoms with Crippen molar-refractivity contribution >= 4 is 23.1 Å². The van der Waals surface area contributed by atoms with Crippen molar-refractivity contribution in [3.05, 3.63) is 18.2 Å². The smallest absolute Gasteiger partial charge is 0.0480 e. The highest BCUT2D eigenvalue weighted by molar-refractivity contribution is 7.99. The summed E-state index contributed by atoms with van der Waals surface area (Å²) in [6, 6.07) is 6.17. The van der Waals surface area contributed by atoms with Crippen LogP contribution in [0.4, 0.5) is 11.4 Å². The molecule has 1 aliphatic heterocycles. The van der Waals surface area contributed by atoms with Crippen LogP contribution in [0.5, 0.6) is 0 Å². The first-order valence-corrected chi connectivity index (χ1v) is 6.52. The lowest BCUT2D eigenvalue weighted by molar-refractivity contribution is 0.187. The number of fused-ring (bicyclic) bond motifs is 1. The molecule has 1 aliphatic carbocycles. The van der Waals surface area contributed by atoms with Crippen molar-refractivity contribution in [2.24, 2.45) is 5.41 Å². The number of rotatable bonds is 0.